The van der Waals surface area contributed by atoms with Gasteiger partial charge in [0, 0.05) is 5.92 Å². The largest absolute Gasteiger partial charge is 0.339 e. The summed E-state index contributed by atoms with van der Waals surface area (Å²) < 4.78 is 5.35. The molecule has 1 aromatic heterocycles. The van der Waals surface area contributed by atoms with Crippen molar-refractivity contribution in [1.29, 1.82) is 0 Å². The topological polar surface area (TPSA) is 64.9 Å². The summed E-state index contributed by atoms with van der Waals surface area (Å²) in [5.74, 6) is 2.89. The molecule has 0 spiro atoms. The highest BCUT2D eigenvalue weighted by Crippen LogP contribution is 2.38. The van der Waals surface area contributed by atoms with Gasteiger partial charge in [0.2, 0.25) is 5.89 Å². The molecule has 0 bridgehead atoms. The van der Waals surface area contributed by atoms with Gasteiger partial charge in [-0.3, -0.25) is 0 Å². The standard InChI is InChI=1S/C12H21N3O/c1-7(2)10(13)11-14-12(16-15-11)9-6-4-5-8(9)3/h7-10H,4-6,13H2,1-3H3. The molecule has 0 aliphatic heterocycles. The molecule has 0 saturated heterocycles. The fourth-order valence-corrected chi connectivity index (χ4v) is 2.34. The van der Waals surface area contributed by atoms with Crippen molar-refractivity contribution in [2.75, 3.05) is 0 Å². The normalized spacial score (nSPS) is 27.6. The number of nitrogens with zero attached hydrogens (tertiary/aromatic N) is 2. The summed E-state index contributed by atoms with van der Waals surface area (Å²) >= 11 is 0. The number of aromatic nitrogens is 2. The van der Waals surface area contributed by atoms with E-state index in [9.17, 15) is 0 Å². The lowest BCUT2D eigenvalue weighted by Crippen LogP contribution is -2.18. The van der Waals surface area contributed by atoms with Crippen LogP contribution >= 0.6 is 0 Å². The van der Waals surface area contributed by atoms with Crippen molar-refractivity contribution < 1.29 is 4.52 Å². The van der Waals surface area contributed by atoms with Crippen molar-refractivity contribution >= 4 is 0 Å². The zero-order chi connectivity index (χ0) is 11.7. The van der Waals surface area contributed by atoms with Gasteiger partial charge < -0.3 is 10.3 Å². The van der Waals surface area contributed by atoms with Gasteiger partial charge in [0.15, 0.2) is 5.82 Å². The van der Waals surface area contributed by atoms with Gasteiger partial charge in [0.1, 0.15) is 0 Å². The van der Waals surface area contributed by atoms with Crippen LogP contribution in [0.2, 0.25) is 0 Å². The second-order valence-corrected chi connectivity index (χ2v) is 5.28. The van der Waals surface area contributed by atoms with Crippen LogP contribution in [0.5, 0.6) is 0 Å². The Hall–Kier alpha value is -0.900. The second kappa shape index (κ2) is 4.53. The first-order chi connectivity index (χ1) is 7.59. The smallest absolute Gasteiger partial charge is 0.230 e. The molecule has 1 aliphatic rings. The van der Waals surface area contributed by atoms with E-state index in [1.54, 1.807) is 0 Å². The van der Waals surface area contributed by atoms with E-state index in [1.165, 1.54) is 19.3 Å². The van der Waals surface area contributed by atoms with E-state index in [-0.39, 0.29) is 6.04 Å². The van der Waals surface area contributed by atoms with Gasteiger partial charge in [-0.05, 0) is 24.7 Å². The van der Waals surface area contributed by atoms with Gasteiger partial charge in [-0.15, -0.1) is 0 Å². The maximum Gasteiger partial charge on any atom is 0.230 e. The van der Waals surface area contributed by atoms with Crippen LogP contribution in [-0.4, -0.2) is 10.1 Å². The minimum absolute atomic E-state index is 0.116. The molecule has 90 valence electrons. The predicted molar refractivity (Wildman–Crippen MR) is 61.8 cm³/mol. The van der Waals surface area contributed by atoms with E-state index < -0.39 is 0 Å². The molecule has 4 nitrogen and oxygen atoms in total. The molecular formula is C12H21N3O. The van der Waals surface area contributed by atoms with Gasteiger partial charge in [-0.2, -0.15) is 4.98 Å². The van der Waals surface area contributed by atoms with Crippen LogP contribution in [0.3, 0.4) is 0 Å². The van der Waals surface area contributed by atoms with Gasteiger partial charge >= 0.3 is 0 Å². The fraction of sp³-hybridized carbons (Fsp3) is 0.833. The SMILES string of the molecule is CC(C)C(N)c1noc(C2CCCC2C)n1. The molecule has 1 aliphatic carbocycles. The first-order valence-electron chi connectivity index (χ1n) is 6.18. The molecule has 4 heteroatoms. The summed E-state index contributed by atoms with van der Waals surface area (Å²) in [6.07, 6.45) is 3.69. The van der Waals surface area contributed by atoms with Crippen LogP contribution in [0.4, 0.5) is 0 Å². The third-order valence-electron chi connectivity index (χ3n) is 3.65. The van der Waals surface area contributed by atoms with Gasteiger partial charge in [-0.25, -0.2) is 0 Å². The van der Waals surface area contributed by atoms with E-state index in [0.29, 0.717) is 23.6 Å². The Morgan fingerprint density at radius 2 is 2.12 bits per heavy atom. The Labute approximate surface area is 96.6 Å². The summed E-state index contributed by atoms with van der Waals surface area (Å²) in [7, 11) is 0. The number of nitrogens with two attached hydrogens (primary N) is 1. The maximum absolute atomic E-state index is 6.00. The van der Waals surface area contributed by atoms with Crippen LogP contribution in [0.25, 0.3) is 0 Å². The zero-order valence-electron chi connectivity index (χ0n) is 10.3. The van der Waals surface area contributed by atoms with E-state index in [2.05, 4.69) is 30.9 Å². The first kappa shape index (κ1) is 11.6. The molecule has 3 atom stereocenters. The summed E-state index contributed by atoms with van der Waals surface area (Å²) in [6, 6.07) is -0.116. The molecule has 16 heavy (non-hydrogen) atoms. The molecule has 3 unspecified atom stereocenters. The molecule has 0 aromatic carbocycles. The minimum Gasteiger partial charge on any atom is -0.339 e. The fourth-order valence-electron chi connectivity index (χ4n) is 2.34. The Balaban J connectivity index is 2.13. The van der Waals surface area contributed by atoms with E-state index >= 15 is 0 Å². The monoisotopic (exact) mass is 223 g/mol. The molecule has 1 fully saturated rings. The molecule has 1 aromatic rings. The van der Waals surface area contributed by atoms with Crippen LogP contribution in [0.1, 0.15) is 63.7 Å². The van der Waals surface area contributed by atoms with Crippen molar-refractivity contribution in [2.24, 2.45) is 17.6 Å². The Morgan fingerprint density at radius 1 is 1.38 bits per heavy atom. The molecular weight excluding hydrogens is 202 g/mol. The van der Waals surface area contributed by atoms with Crippen LogP contribution in [-0.2, 0) is 0 Å². The molecule has 1 heterocycles. The van der Waals surface area contributed by atoms with Gasteiger partial charge in [0.25, 0.3) is 0 Å². The third kappa shape index (κ3) is 2.12. The van der Waals surface area contributed by atoms with E-state index in [4.69, 9.17) is 10.3 Å². The lowest BCUT2D eigenvalue weighted by molar-refractivity contribution is 0.324. The van der Waals surface area contributed by atoms with Crippen molar-refractivity contribution in [2.45, 2.75) is 52.0 Å². The molecule has 1 saturated carbocycles. The number of rotatable bonds is 3. The van der Waals surface area contributed by atoms with Gasteiger partial charge in [-0.1, -0.05) is 32.3 Å². The van der Waals surface area contributed by atoms with Crippen LogP contribution < -0.4 is 5.73 Å². The Morgan fingerprint density at radius 3 is 2.69 bits per heavy atom. The lowest BCUT2D eigenvalue weighted by Gasteiger charge is -2.11. The lowest BCUT2D eigenvalue weighted by atomic mass is 9.98. The zero-order valence-corrected chi connectivity index (χ0v) is 10.3. The average Bonchev–Trinajstić information content (AvgIpc) is 2.84. The van der Waals surface area contributed by atoms with Crippen molar-refractivity contribution in [1.82, 2.24) is 10.1 Å². The van der Waals surface area contributed by atoms with Gasteiger partial charge in [0.05, 0.1) is 6.04 Å². The summed E-state index contributed by atoms with van der Waals surface area (Å²) in [5.41, 5.74) is 6.00. The number of hydrogen-bond donors (Lipinski definition) is 1. The Bertz CT molecular complexity index is 348. The van der Waals surface area contributed by atoms with Crippen LogP contribution in [0, 0.1) is 11.8 Å². The van der Waals surface area contributed by atoms with Crippen molar-refractivity contribution in [3.05, 3.63) is 11.7 Å². The highest BCUT2D eigenvalue weighted by Gasteiger charge is 2.30. The molecule has 2 rings (SSSR count). The molecule has 2 N–H and O–H groups in total. The summed E-state index contributed by atoms with van der Waals surface area (Å²) in [5, 5.41) is 4.01. The Kier molecular flexibility index (Phi) is 3.28. The first-order valence-corrected chi connectivity index (χ1v) is 6.18. The highest BCUT2D eigenvalue weighted by molar-refractivity contribution is 5.01. The second-order valence-electron chi connectivity index (χ2n) is 5.28. The van der Waals surface area contributed by atoms with Crippen LogP contribution in [0.15, 0.2) is 4.52 Å². The predicted octanol–water partition coefficient (Wildman–Crippen LogP) is 2.63. The van der Waals surface area contributed by atoms with Crippen molar-refractivity contribution in [3.63, 3.8) is 0 Å². The average molecular weight is 223 g/mol. The quantitative estimate of drug-likeness (QED) is 0.855. The van der Waals surface area contributed by atoms with E-state index in [1.807, 2.05) is 0 Å². The van der Waals surface area contributed by atoms with Crippen molar-refractivity contribution in [3.8, 4) is 0 Å². The maximum atomic E-state index is 6.00. The van der Waals surface area contributed by atoms with E-state index in [0.717, 1.165) is 5.89 Å². The minimum atomic E-state index is -0.116. The number of hydrogen-bond acceptors (Lipinski definition) is 4. The summed E-state index contributed by atoms with van der Waals surface area (Å²) in [4.78, 5) is 4.46. The molecule has 0 amide bonds. The summed E-state index contributed by atoms with van der Waals surface area (Å²) in [6.45, 7) is 6.39. The molecule has 0 radical (unpaired) electrons. The third-order valence-corrected chi connectivity index (χ3v) is 3.65. The highest BCUT2D eigenvalue weighted by atomic mass is 16.5.